The first-order chi connectivity index (χ1) is 9.78. The molecule has 3 nitrogen and oxygen atoms in total. The summed E-state index contributed by atoms with van der Waals surface area (Å²) in [6, 6.07) is 2.54. The molecule has 1 saturated carbocycles. The van der Waals surface area contributed by atoms with E-state index < -0.39 is 23.6 Å². The van der Waals surface area contributed by atoms with Crippen molar-refractivity contribution in [1.29, 1.82) is 0 Å². The van der Waals surface area contributed by atoms with Crippen LogP contribution in [-0.2, 0) is 0 Å². The van der Waals surface area contributed by atoms with Crippen molar-refractivity contribution in [3.8, 4) is 5.75 Å². The van der Waals surface area contributed by atoms with Gasteiger partial charge >= 0.3 is 6.18 Å². The van der Waals surface area contributed by atoms with Gasteiger partial charge in [0.1, 0.15) is 0 Å². The Kier molecular flexibility index (Phi) is 4.32. The van der Waals surface area contributed by atoms with Gasteiger partial charge < -0.3 is 15.2 Å². The van der Waals surface area contributed by atoms with Crippen LogP contribution in [0.2, 0.25) is 0 Å². The van der Waals surface area contributed by atoms with Gasteiger partial charge in [-0.05, 0) is 25.0 Å². The number of methoxy groups -OCH3 is 1. The predicted octanol–water partition coefficient (Wildman–Crippen LogP) is 3.48. The third-order valence-electron chi connectivity index (χ3n) is 3.86. The Morgan fingerprint density at radius 1 is 1.33 bits per heavy atom. The first-order valence-corrected chi connectivity index (χ1v) is 6.67. The van der Waals surface area contributed by atoms with E-state index in [0.29, 0.717) is 12.8 Å². The lowest BCUT2D eigenvalue weighted by Crippen LogP contribution is -2.58. The summed E-state index contributed by atoms with van der Waals surface area (Å²) in [5, 5.41) is 12.7. The van der Waals surface area contributed by atoms with E-state index in [9.17, 15) is 22.7 Å². The molecule has 118 valence electrons. The lowest BCUT2D eigenvalue weighted by atomic mass is 9.79. The van der Waals surface area contributed by atoms with E-state index in [2.05, 4.69) is 5.32 Å². The van der Waals surface area contributed by atoms with Crippen LogP contribution in [0.3, 0.4) is 0 Å². The molecule has 0 radical (unpaired) electrons. The molecule has 0 heterocycles. The quantitative estimate of drug-likeness (QED) is 0.840. The van der Waals surface area contributed by atoms with E-state index in [4.69, 9.17) is 4.74 Å². The summed E-state index contributed by atoms with van der Waals surface area (Å²) in [6.45, 7) is 0. The van der Waals surface area contributed by atoms with Crippen molar-refractivity contribution in [2.45, 2.75) is 43.5 Å². The lowest BCUT2D eigenvalue weighted by Gasteiger charge is -2.41. The molecular weight excluding hydrogens is 290 g/mol. The fourth-order valence-corrected chi connectivity index (χ4v) is 2.64. The number of anilines is 1. The minimum absolute atomic E-state index is 0.0636. The van der Waals surface area contributed by atoms with Crippen LogP contribution in [0.15, 0.2) is 18.2 Å². The van der Waals surface area contributed by atoms with Gasteiger partial charge in [0.05, 0.1) is 13.2 Å². The molecule has 1 aliphatic rings. The molecule has 7 heteroatoms. The van der Waals surface area contributed by atoms with Gasteiger partial charge in [0, 0.05) is 11.8 Å². The molecule has 1 fully saturated rings. The van der Waals surface area contributed by atoms with Crippen LogP contribution in [-0.4, -0.2) is 30.0 Å². The highest BCUT2D eigenvalue weighted by atomic mass is 19.4. The zero-order valence-corrected chi connectivity index (χ0v) is 11.5. The van der Waals surface area contributed by atoms with Gasteiger partial charge in [0.2, 0.25) is 0 Å². The van der Waals surface area contributed by atoms with Crippen molar-refractivity contribution in [2.75, 3.05) is 12.4 Å². The number of rotatable bonds is 3. The average Bonchev–Trinajstić information content (AvgIpc) is 2.42. The normalized spacial score (nSPS) is 26.5. The van der Waals surface area contributed by atoms with Gasteiger partial charge in [-0.3, -0.25) is 0 Å². The Morgan fingerprint density at radius 2 is 2.05 bits per heavy atom. The zero-order chi connectivity index (χ0) is 15.7. The molecule has 21 heavy (non-hydrogen) atoms. The highest BCUT2D eigenvalue weighted by molar-refractivity contribution is 5.50. The SMILES string of the molecule is COc1cc(N[C@@H]2CCCC[C@]2(O)C(F)(F)F)ccc1F. The number of aliphatic hydroxyl groups is 1. The van der Waals surface area contributed by atoms with E-state index in [1.54, 1.807) is 0 Å². The Bertz CT molecular complexity index is 506. The first-order valence-electron chi connectivity index (χ1n) is 6.67. The van der Waals surface area contributed by atoms with Crippen LogP contribution < -0.4 is 10.1 Å². The van der Waals surface area contributed by atoms with Gasteiger partial charge in [-0.1, -0.05) is 12.8 Å². The van der Waals surface area contributed by atoms with Crippen LogP contribution in [0.25, 0.3) is 0 Å². The van der Waals surface area contributed by atoms with Crippen molar-refractivity contribution >= 4 is 5.69 Å². The van der Waals surface area contributed by atoms with E-state index in [1.165, 1.54) is 19.2 Å². The summed E-state index contributed by atoms with van der Waals surface area (Å²) >= 11 is 0. The summed E-state index contributed by atoms with van der Waals surface area (Å²) in [5.74, 6) is -0.663. The molecule has 2 N–H and O–H groups in total. The number of hydrogen-bond acceptors (Lipinski definition) is 3. The van der Waals surface area contributed by atoms with E-state index in [1.807, 2.05) is 0 Å². The van der Waals surface area contributed by atoms with Crippen LogP contribution in [0.5, 0.6) is 5.75 Å². The minimum Gasteiger partial charge on any atom is -0.494 e. The van der Waals surface area contributed by atoms with Gasteiger partial charge in [0.25, 0.3) is 0 Å². The van der Waals surface area contributed by atoms with E-state index >= 15 is 0 Å². The molecule has 1 aliphatic carbocycles. The van der Waals surface area contributed by atoms with Crippen molar-refractivity contribution in [1.82, 2.24) is 0 Å². The summed E-state index contributed by atoms with van der Waals surface area (Å²) in [6.07, 6.45) is -3.95. The van der Waals surface area contributed by atoms with E-state index in [0.717, 1.165) is 6.07 Å². The molecular formula is C14H17F4NO2. The van der Waals surface area contributed by atoms with Crippen LogP contribution >= 0.6 is 0 Å². The summed E-state index contributed by atoms with van der Waals surface area (Å²) in [7, 11) is 1.27. The number of benzene rings is 1. The molecule has 0 unspecified atom stereocenters. The average molecular weight is 307 g/mol. The largest absolute Gasteiger partial charge is 0.494 e. The third kappa shape index (κ3) is 3.07. The highest BCUT2D eigenvalue weighted by Gasteiger charge is 2.59. The maximum atomic E-state index is 13.3. The second-order valence-electron chi connectivity index (χ2n) is 5.21. The van der Waals surface area contributed by atoms with E-state index in [-0.39, 0.29) is 24.3 Å². The predicted molar refractivity (Wildman–Crippen MR) is 69.8 cm³/mol. The number of halogens is 4. The summed E-state index contributed by atoms with van der Waals surface area (Å²) < 4.78 is 57.4. The number of alkyl halides is 3. The van der Waals surface area contributed by atoms with Crippen molar-refractivity contribution in [2.24, 2.45) is 0 Å². The minimum atomic E-state index is -4.71. The smallest absolute Gasteiger partial charge is 0.419 e. The molecule has 2 atom stereocenters. The number of hydrogen-bond donors (Lipinski definition) is 2. The monoisotopic (exact) mass is 307 g/mol. The molecule has 2 rings (SSSR count). The van der Waals surface area contributed by atoms with Crippen molar-refractivity contribution in [3.63, 3.8) is 0 Å². The highest BCUT2D eigenvalue weighted by Crippen LogP contribution is 2.42. The first kappa shape index (κ1) is 15.9. The molecule has 0 amide bonds. The molecule has 0 spiro atoms. The van der Waals surface area contributed by atoms with Crippen LogP contribution in [0.4, 0.5) is 23.2 Å². The summed E-state index contributed by atoms with van der Waals surface area (Å²) in [4.78, 5) is 0. The van der Waals surface area contributed by atoms with Crippen LogP contribution in [0, 0.1) is 5.82 Å². The standard InChI is InChI=1S/C14H17F4NO2/c1-21-11-8-9(5-6-10(11)15)19-12-4-2-3-7-13(12,20)14(16,17)18/h5-6,8,12,19-20H,2-4,7H2,1H3/t12-,13-/m1/s1. The zero-order valence-electron chi connectivity index (χ0n) is 11.5. The van der Waals surface area contributed by atoms with Gasteiger partial charge in [-0.15, -0.1) is 0 Å². The molecule has 0 saturated heterocycles. The Morgan fingerprint density at radius 3 is 2.67 bits per heavy atom. The van der Waals surface area contributed by atoms with Gasteiger partial charge in [-0.2, -0.15) is 13.2 Å². The van der Waals surface area contributed by atoms with Crippen LogP contribution in [0.1, 0.15) is 25.7 Å². The van der Waals surface area contributed by atoms with Gasteiger partial charge in [0.15, 0.2) is 17.2 Å². The topological polar surface area (TPSA) is 41.5 Å². The van der Waals surface area contributed by atoms with Gasteiger partial charge in [-0.25, -0.2) is 4.39 Å². The lowest BCUT2D eigenvalue weighted by molar-refractivity contribution is -0.272. The maximum absolute atomic E-state index is 13.3. The Balaban J connectivity index is 2.24. The number of nitrogens with one attached hydrogen (secondary N) is 1. The fraction of sp³-hybridized carbons (Fsp3) is 0.571. The Labute approximate surface area is 119 Å². The summed E-state index contributed by atoms with van der Waals surface area (Å²) in [5.41, 5.74) is -2.49. The molecule has 1 aromatic carbocycles. The molecule has 0 bridgehead atoms. The van der Waals surface area contributed by atoms with Crippen molar-refractivity contribution < 1.29 is 27.4 Å². The third-order valence-corrected chi connectivity index (χ3v) is 3.86. The molecule has 1 aromatic rings. The fourth-order valence-electron chi connectivity index (χ4n) is 2.64. The molecule has 0 aromatic heterocycles. The maximum Gasteiger partial charge on any atom is 0.419 e. The second-order valence-corrected chi connectivity index (χ2v) is 5.21. The molecule has 0 aliphatic heterocycles. The second kappa shape index (κ2) is 5.71. The van der Waals surface area contributed by atoms with Crippen molar-refractivity contribution in [3.05, 3.63) is 24.0 Å². The Hall–Kier alpha value is -1.50. The number of ether oxygens (including phenoxy) is 1.